The van der Waals surface area contributed by atoms with Crippen LogP contribution in [-0.4, -0.2) is 34.4 Å². The summed E-state index contributed by atoms with van der Waals surface area (Å²) in [6.45, 7) is 0.719. The van der Waals surface area contributed by atoms with Crippen molar-refractivity contribution in [3.05, 3.63) is 24.0 Å². The van der Waals surface area contributed by atoms with Gasteiger partial charge >= 0.3 is 5.97 Å². The van der Waals surface area contributed by atoms with Gasteiger partial charge in [-0.25, -0.2) is 4.79 Å². The normalized spacial score (nSPS) is 24.7. The summed E-state index contributed by atoms with van der Waals surface area (Å²) in [5, 5.41) is 9.00. The molecule has 1 aliphatic carbocycles. The molecule has 1 atom stereocenters. The van der Waals surface area contributed by atoms with Crippen LogP contribution in [0.1, 0.15) is 55.3 Å². The second-order valence-corrected chi connectivity index (χ2v) is 6.04. The molecule has 1 saturated carbocycles. The zero-order valence-corrected chi connectivity index (χ0v) is 12.1. The molecule has 3 rings (SSSR count). The first kappa shape index (κ1) is 14.3. The van der Waals surface area contributed by atoms with Crippen molar-refractivity contribution in [1.29, 1.82) is 0 Å². The summed E-state index contributed by atoms with van der Waals surface area (Å²) in [7, 11) is 0. The van der Waals surface area contributed by atoms with E-state index in [9.17, 15) is 4.79 Å². The number of hydrogen-bond donors (Lipinski definition) is 1. The van der Waals surface area contributed by atoms with Gasteiger partial charge in [-0.05, 0) is 18.9 Å². The minimum Gasteiger partial charge on any atom is -0.489 e. The van der Waals surface area contributed by atoms with Crippen molar-refractivity contribution in [1.82, 2.24) is 4.98 Å². The third-order valence-electron chi connectivity index (χ3n) is 4.48. The summed E-state index contributed by atoms with van der Waals surface area (Å²) in [5.41, 5.74) is 0.144. The van der Waals surface area contributed by atoms with Crippen LogP contribution in [0.4, 0.5) is 0 Å². The Kier molecular flexibility index (Phi) is 4.10. The molecule has 21 heavy (non-hydrogen) atoms. The van der Waals surface area contributed by atoms with Crippen molar-refractivity contribution in [2.75, 3.05) is 6.61 Å². The first-order chi connectivity index (χ1) is 10.2. The predicted octanol–water partition coefficient (Wildman–Crippen LogP) is 3.04. The highest BCUT2D eigenvalue weighted by molar-refractivity contribution is 5.87. The van der Waals surface area contributed by atoms with Crippen molar-refractivity contribution in [2.24, 2.45) is 0 Å². The van der Waals surface area contributed by atoms with Gasteiger partial charge in [0.05, 0.1) is 24.0 Å². The summed E-state index contributed by atoms with van der Waals surface area (Å²) >= 11 is 0. The highest BCUT2D eigenvalue weighted by Gasteiger charge is 2.39. The molecule has 0 amide bonds. The SMILES string of the molecule is O=C(O)c1cncc(OC2CCOC3(CCCCC3)C2)c1. The van der Waals surface area contributed by atoms with E-state index in [0.717, 1.165) is 32.3 Å². The number of carbonyl (C=O) groups is 1. The molecule has 2 fully saturated rings. The zero-order valence-electron chi connectivity index (χ0n) is 12.1. The topological polar surface area (TPSA) is 68.7 Å². The van der Waals surface area contributed by atoms with Crippen LogP contribution in [0.5, 0.6) is 5.75 Å². The number of nitrogens with zero attached hydrogens (tertiary/aromatic N) is 1. The zero-order chi connectivity index (χ0) is 14.7. The molecule has 1 aromatic rings. The van der Waals surface area contributed by atoms with Gasteiger partial charge in [0.25, 0.3) is 0 Å². The minimum atomic E-state index is -0.983. The van der Waals surface area contributed by atoms with E-state index in [1.807, 2.05) is 0 Å². The third kappa shape index (κ3) is 3.35. The van der Waals surface area contributed by atoms with E-state index in [2.05, 4.69) is 4.98 Å². The van der Waals surface area contributed by atoms with Crippen LogP contribution >= 0.6 is 0 Å². The molecule has 1 spiro atoms. The van der Waals surface area contributed by atoms with E-state index in [1.54, 1.807) is 12.3 Å². The van der Waals surface area contributed by atoms with Crippen molar-refractivity contribution in [3.63, 3.8) is 0 Å². The van der Waals surface area contributed by atoms with Gasteiger partial charge in [0.1, 0.15) is 11.9 Å². The number of aromatic nitrogens is 1. The van der Waals surface area contributed by atoms with Gasteiger partial charge < -0.3 is 14.6 Å². The van der Waals surface area contributed by atoms with Gasteiger partial charge in [0.15, 0.2) is 0 Å². The van der Waals surface area contributed by atoms with Gasteiger partial charge in [0.2, 0.25) is 0 Å². The molecular weight excluding hydrogens is 270 g/mol. The van der Waals surface area contributed by atoms with Gasteiger partial charge in [0, 0.05) is 19.0 Å². The average molecular weight is 291 g/mol. The second kappa shape index (κ2) is 6.02. The van der Waals surface area contributed by atoms with Crippen molar-refractivity contribution < 1.29 is 19.4 Å². The van der Waals surface area contributed by atoms with Crippen LogP contribution in [0.3, 0.4) is 0 Å². The average Bonchev–Trinajstić information content (AvgIpc) is 2.48. The van der Waals surface area contributed by atoms with Crippen LogP contribution in [0.2, 0.25) is 0 Å². The summed E-state index contributed by atoms with van der Waals surface area (Å²) in [6.07, 6.45) is 10.7. The first-order valence-corrected chi connectivity index (χ1v) is 7.66. The number of aromatic carboxylic acids is 1. The van der Waals surface area contributed by atoms with E-state index in [0.29, 0.717) is 5.75 Å². The van der Waals surface area contributed by atoms with Crippen LogP contribution in [0.25, 0.3) is 0 Å². The molecule has 5 heteroatoms. The Labute approximate surface area is 124 Å². The molecule has 1 saturated heterocycles. The van der Waals surface area contributed by atoms with E-state index >= 15 is 0 Å². The van der Waals surface area contributed by atoms with Gasteiger partial charge in [-0.3, -0.25) is 4.98 Å². The van der Waals surface area contributed by atoms with Crippen LogP contribution in [0, 0.1) is 0 Å². The lowest BCUT2D eigenvalue weighted by Gasteiger charge is -2.43. The lowest BCUT2D eigenvalue weighted by Crippen LogP contribution is -2.45. The number of ether oxygens (including phenoxy) is 2. The maximum absolute atomic E-state index is 11.0. The largest absolute Gasteiger partial charge is 0.489 e. The van der Waals surface area contributed by atoms with Crippen molar-refractivity contribution >= 4 is 5.97 Å². The van der Waals surface area contributed by atoms with Crippen LogP contribution < -0.4 is 4.74 Å². The Morgan fingerprint density at radius 3 is 2.90 bits per heavy atom. The van der Waals surface area contributed by atoms with Gasteiger partial charge in [-0.15, -0.1) is 0 Å². The molecule has 2 heterocycles. The Bertz CT molecular complexity index is 505. The number of rotatable bonds is 3. The fourth-order valence-electron chi connectivity index (χ4n) is 3.42. The molecule has 0 radical (unpaired) electrons. The standard InChI is InChI=1S/C16H21NO4/c18-15(19)12-8-14(11-17-10-12)21-13-4-7-20-16(9-13)5-2-1-3-6-16/h8,10-11,13H,1-7,9H2,(H,18,19). The van der Waals surface area contributed by atoms with Crippen LogP contribution in [-0.2, 0) is 4.74 Å². The fraction of sp³-hybridized carbons (Fsp3) is 0.625. The van der Waals surface area contributed by atoms with E-state index in [1.165, 1.54) is 25.5 Å². The predicted molar refractivity (Wildman–Crippen MR) is 76.6 cm³/mol. The monoisotopic (exact) mass is 291 g/mol. The number of pyridine rings is 1. The molecule has 1 aromatic heterocycles. The molecule has 0 bridgehead atoms. The molecule has 114 valence electrons. The molecule has 1 unspecified atom stereocenters. The van der Waals surface area contributed by atoms with E-state index in [4.69, 9.17) is 14.6 Å². The Morgan fingerprint density at radius 2 is 2.14 bits per heavy atom. The third-order valence-corrected chi connectivity index (χ3v) is 4.48. The maximum Gasteiger partial charge on any atom is 0.337 e. The first-order valence-electron chi connectivity index (χ1n) is 7.66. The smallest absolute Gasteiger partial charge is 0.337 e. The Hall–Kier alpha value is -1.62. The molecule has 2 aliphatic rings. The Morgan fingerprint density at radius 1 is 1.33 bits per heavy atom. The van der Waals surface area contributed by atoms with Crippen LogP contribution in [0.15, 0.2) is 18.5 Å². The lowest BCUT2D eigenvalue weighted by atomic mass is 9.79. The second-order valence-electron chi connectivity index (χ2n) is 6.04. The van der Waals surface area contributed by atoms with E-state index in [-0.39, 0.29) is 17.3 Å². The summed E-state index contributed by atoms with van der Waals surface area (Å²) in [6, 6.07) is 1.54. The number of carboxylic acid groups (broad SMARTS) is 1. The van der Waals surface area contributed by atoms with Gasteiger partial charge in [-0.2, -0.15) is 0 Å². The summed E-state index contributed by atoms with van der Waals surface area (Å²) in [5.74, 6) is -0.448. The fourth-order valence-corrected chi connectivity index (χ4v) is 3.42. The number of hydrogen-bond acceptors (Lipinski definition) is 4. The molecule has 0 aromatic carbocycles. The Balaban J connectivity index is 1.67. The molecule has 5 nitrogen and oxygen atoms in total. The maximum atomic E-state index is 11.0. The highest BCUT2D eigenvalue weighted by Crippen LogP contribution is 2.39. The molecular formula is C16H21NO4. The molecule has 1 N–H and O–H groups in total. The van der Waals surface area contributed by atoms with Crippen molar-refractivity contribution in [3.8, 4) is 5.75 Å². The minimum absolute atomic E-state index is 0.0149. The number of carboxylic acids is 1. The lowest BCUT2D eigenvalue weighted by molar-refractivity contribution is -0.129. The molecule has 1 aliphatic heterocycles. The quantitative estimate of drug-likeness (QED) is 0.927. The van der Waals surface area contributed by atoms with Crippen molar-refractivity contribution in [2.45, 2.75) is 56.7 Å². The summed E-state index contributed by atoms with van der Waals surface area (Å²) < 4.78 is 12.0. The highest BCUT2D eigenvalue weighted by atomic mass is 16.5. The summed E-state index contributed by atoms with van der Waals surface area (Å²) in [4.78, 5) is 14.9. The van der Waals surface area contributed by atoms with E-state index < -0.39 is 5.97 Å². The van der Waals surface area contributed by atoms with Gasteiger partial charge in [-0.1, -0.05) is 19.3 Å².